The number of hydrogen-bond acceptors (Lipinski definition) is 2. The summed E-state index contributed by atoms with van der Waals surface area (Å²) in [5, 5.41) is 8.81. The van der Waals surface area contributed by atoms with Gasteiger partial charge < -0.3 is 4.74 Å². The van der Waals surface area contributed by atoms with E-state index in [1.165, 1.54) is 19.3 Å². The molecule has 1 aliphatic carbocycles. The highest BCUT2D eigenvalue weighted by atomic mass is 16.5. The molecule has 0 amide bonds. The van der Waals surface area contributed by atoms with Crippen molar-refractivity contribution in [2.45, 2.75) is 58.0 Å². The fraction of sp³-hybridized carbons (Fsp3) is 0.929. The molecule has 0 bridgehead atoms. The van der Waals surface area contributed by atoms with E-state index in [1.54, 1.807) is 0 Å². The first kappa shape index (κ1) is 11.9. The number of ether oxygens (including phenoxy) is 1. The monoisotopic (exact) mass is 221 g/mol. The van der Waals surface area contributed by atoms with Crippen LogP contribution in [0, 0.1) is 29.1 Å². The van der Waals surface area contributed by atoms with Crippen molar-refractivity contribution in [1.82, 2.24) is 0 Å². The highest BCUT2D eigenvalue weighted by molar-refractivity contribution is 4.94. The van der Waals surface area contributed by atoms with Gasteiger partial charge in [0.2, 0.25) is 0 Å². The molecule has 2 nitrogen and oxygen atoms in total. The summed E-state index contributed by atoms with van der Waals surface area (Å²) < 4.78 is 6.09. The maximum atomic E-state index is 8.81. The summed E-state index contributed by atoms with van der Waals surface area (Å²) in [4.78, 5) is 0. The van der Waals surface area contributed by atoms with Crippen LogP contribution in [-0.2, 0) is 4.74 Å². The third kappa shape index (κ3) is 2.40. The lowest BCUT2D eigenvalue weighted by Crippen LogP contribution is -2.45. The molecule has 1 saturated heterocycles. The van der Waals surface area contributed by atoms with Crippen molar-refractivity contribution in [3.8, 4) is 6.07 Å². The molecule has 2 aliphatic rings. The molecule has 0 aromatic carbocycles. The van der Waals surface area contributed by atoms with E-state index >= 15 is 0 Å². The third-order valence-corrected chi connectivity index (χ3v) is 4.70. The van der Waals surface area contributed by atoms with Crippen LogP contribution in [-0.4, -0.2) is 12.2 Å². The molecule has 1 saturated carbocycles. The first-order valence-corrected chi connectivity index (χ1v) is 6.66. The molecular formula is C14H23NO. The third-order valence-electron chi connectivity index (χ3n) is 4.70. The molecule has 1 heterocycles. The Labute approximate surface area is 99.0 Å². The minimum absolute atomic E-state index is 0.131. The summed E-state index contributed by atoms with van der Waals surface area (Å²) in [6.45, 7) is 5.57. The van der Waals surface area contributed by atoms with Gasteiger partial charge in [0.25, 0.3) is 0 Å². The van der Waals surface area contributed by atoms with Crippen LogP contribution in [0.25, 0.3) is 0 Å². The minimum atomic E-state index is 0.131. The van der Waals surface area contributed by atoms with Gasteiger partial charge in [-0.25, -0.2) is 0 Å². The Hall–Kier alpha value is -0.550. The average Bonchev–Trinajstić information content (AvgIpc) is 2.25. The summed E-state index contributed by atoms with van der Waals surface area (Å²) in [5.41, 5.74) is 0.131. The lowest BCUT2D eigenvalue weighted by molar-refractivity contribution is -0.132. The number of nitriles is 1. The smallest absolute Gasteiger partial charge is 0.0688 e. The molecule has 90 valence electrons. The highest BCUT2D eigenvalue weighted by Gasteiger charge is 2.42. The lowest BCUT2D eigenvalue weighted by atomic mass is 9.68. The first-order chi connectivity index (χ1) is 7.65. The first-order valence-electron chi connectivity index (χ1n) is 6.66. The van der Waals surface area contributed by atoms with Crippen LogP contribution in [0.1, 0.15) is 52.4 Å². The number of nitrogens with zero attached hydrogens (tertiary/aromatic N) is 1. The molecule has 0 N–H and O–H groups in total. The Kier molecular flexibility index (Phi) is 3.54. The zero-order chi connectivity index (χ0) is 11.6. The number of hydrogen-bond donors (Lipinski definition) is 0. The van der Waals surface area contributed by atoms with E-state index < -0.39 is 0 Å². The number of rotatable bonds is 1. The van der Waals surface area contributed by atoms with Crippen LogP contribution in [0.4, 0.5) is 0 Å². The molecule has 2 rings (SSSR count). The summed E-state index contributed by atoms with van der Waals surface area (Å²) in [5.74, 6) is 2.19. The lowest BCUT2D eigenvalue weighted by Gasteiger charge is -2.47. The zero-order valence-electron chi connectivity index (χ0n) is 10.5. The maximum absolute atomic E-state index is 8.81. The maximum Gasteiger partial charge on any atom is 0.0688 e. The van der Waals surface area contributed by atoms with E-state index in [9.17, 15) is 0 Å². The molecule has 2 fully saturated rings. The van der Waals surface area contributed by atoms with Crippen molar-refractivity contribution in [3.63, 3.8) is 0 Å². The molecule has 0 radical (unpaired) electrons. The van der Waals surface area contributed by atoms with Crippen LogP contribution in [0.5, 0.6) is 0 Å². The van der Waals surface area contributed by atoms with Crippen LogP contribution >= 0.6 is 0 Å². The Balaban J connectivity index is 1.99. The Morgan fingerprint density at radius 1 is 1.25 bits per heavy atom. The fourth-order valence-electron chi connectivity index (χ4n) is 3.41. The van der Waals surface area contributed by atoms with Crippen LogP contribution in [0.15, 0.2) is 0 Å². The summed E-state index contributed by atoms with van der Waals surface area (Å²) in [7, 11) is 0. The molecule has 4 atom stereocenters. The molecule has 1 aliphatic heterocycles. The quantitative estimate of drug-likeness (QED) is 0.678. The fourth-order valence-corrected chi connectivity index (χ4v) is 3.41. The highest BCUT2D eigenvalue weighted by Crippen LogP contribution is 2.45. The Bertz CT molecular complexity index is 283. The second-order valence-electron chi connectivity index (χ2n) is 5.95. The minimum Gasteiger partial charge on any atom is -0.375 e. The van der Waals surface area contributed by atoms with E-state index in [0.29, 0.717) is 5.92 Å². The molecule has 2 heteroatoms. The molecule has 16 heavy (non-hydrogen) atoms. The van der Waals surface area contributed by atoms with Gasteiger partial charge in [-0.05, 0) is 49.9 Å². The van der Waals surface area contributed by atoms with E-state index in [0.717, 1.165) is 37.7 Å². The average molecular weight is 221 g/mol. The van der Waals surface area contributed by atoms with Gasteiger partial charge in [-0.15, -0.1) is 0 Å². The standard InChI is InChI=1S/C14H23NO/c1-11-3-6-14(9-12(11)2)10-13(4-7-15)5-8-16-14/h11-13H,3-6,8-10H2,1-2H3. The SMILES string of the molecule is CC1CCC2(CC(CC#N)CCO2)CC1C. The van der Waals surface area contributed by atoms with Gasteiger partial charge in [0.05, 0.1) is 11.7 Å². The van der Waals surface area contributed by atoms with Gasteiger partial charge in [0.1, 0.15) is 0 Å². The van der Waals surface area contributed by atoms with Gasteiger partial charge in [-0.3, -0.25) is 0 Å². The van der Waals surface area contributed by atoms with Gasteiger partial charge in [-0.2, -0.15) is 5.26 Å². The van der Waals surface area contributed by atoms with Crippen LogP contribution < -0.4 is 0 Å². The van der Waals surface area contributed by atoms with Crippen molar-refractivity contribution < 1.29 is 4.74 Å². The van der Waals surface area contributed by atoms with Crippen LogP contribution in [0.3, 0.4) is 0 Å². The summed E-state index contributed by atoms with van der Waals surface area (Å²) in [6.07, 6.45) is 6.63. The van der Waals surface area contributed by atoms with E-state index in [1.807, 2.05) is 0 Å². The molecule has 0 aromatic heterocycles. The summed E-state index contributed by atoms with van der Waals surface area (Å²) in [6, 6.07) is 2.32. The molecule has 4 unspecified atom stereocenters. The normalized spacial score (nSPS) is 44.2. The van der Waals surface area contributed by atoms with E-state index in [2.05, 4.69) is 19.9 Å². The predicted molar refractivity (Wildman–Crippen MR) is 63.8 cm³/mol. The van der Waals surface area contributed by atoms with E-state index in [4.69, 9.17) is 10.00 Å². The van der Waals surface area contributed by atoms with Crippen LogP contribution in [0.2, 0.25) is 0 Å². The topological polar surface area (TPSA) is 33.0 Å². The van der Waals surface area contributed by atoms with Crippen molar-refractivity contribution in [2.75, 3.05) is 6.61 Å². The zero-order valence-corrected chi connectivity index (χ0v) is 10.5. The van der Waals surface area contributed by atoms with Gasteiger partial charge in [0, 0.05) is 13.0 Å². The Morgan fingerprint density at radius 2 is 2.06 bits per heavy atom. The van der Waals surface area contributed by atoms with Crippen molar-refractivity contribution in [3.05, 3.63) is 0 Å². The van der Waals surface area contributed by atoms with Gasteiger partial charge >= 0.3 is 0 Å². The van der Waals surface area contributed by atoms with Crippen molar-refractivity contribution in [2.24, 2.45) is 17.8 Å². The summed E-state index contributed by atoms with van der Waals surface area (Å²) >= 11 is 0. The van der Waals surface area contributed by atoms with Gasteiger partial charge in [-0.1, -0.05) is 13.8 Å². The van der Waals surface area contributed by atoms with E-state index in [-0.39, 0.29) is 5.60 Å². The largest absolute Gasteiger partial charge is 0.375 e. The molecule has 0 aromatic rings. The van der Waals surface area contributed by atoms with Crippen molar-refractivity contribution in [1.29, 1.82) is 5.26 Å². The Morgan fingerprint density at radius 3 is 2.75 bits per heavy atom. The predicted octanol–water partition coefficient (Wildman–Crippen LogP) is 3.52. The second kappa shape index (κ2) is 4.75. The van der Waals surface area contributed by atoms with Crippen molar-refractivity contribution >= 4 is 0 Å². The molecular weight excluding hydrogens is 198 g/mol. The van der Waals surface area contributed by atoms with Gasteiger partial charge in [0.15, 0.2) is 0 Å². The second-order valence-corrected chi connectivity index (χ2v) is 5.95. The molecule has 1 spiro atoms.